The van der Waals surface area contributed by atoms with Gasteiger partial charge in [0.25, 0.3) is 0 Å². The van der Waals surface area contributed by atoms with E-state index in [4.69, 9.17) is 5.73 Å². The second-order valence-corrected chi connectivity index (χ2v) is 5.69. The molecule has 0 amide bonds. The zero-order valence-corrected chi connectivity index (χ0v) is 12.4. The molecule has 1 unspecified atom stereocenters. The van der Waals surface area contributed by atoms with Gasteiger partial charge in [-0.1, -0.05) is 17.7 Å². The lowest BCUT2D eigenvalue weighted by Gasteiger charge is -2.15. The predicted molar refractivity (Wildman–Crippen MR) is 81.5 cm³/mol. The van der Waals surface area contributed by atoms with Gasteiger partial charge < -0.3 is 10.3 Å². The van der Waals surface area contributed by atoms with Gasteiger partial charge in [0.05, 0.1) is 0 Å². The first-order chi connectivity index (χ1) is 8.97. The van der Waals surface area contributed by atoms with Crippen molar-refractivity contribution in [2.75, 3.05) is 0 Å². The maximum Gasteiger partial charge on any atom is 0.0478 e. The van der Waals surface area contributed by atoms with Crippen molar-refractivity contribution in [2.45, 2.75) is 46.7 Å². The van der Waals surface area contributed by atoms with Gasteiger partial charge in [0, 0.05) is 30.9 Å². The Hall–Kier alpha value is -1.54. The van der Waals surface area contributed by atoms with Gasteiger partial charge >= 0.3 is 0 Å². The molecule has 1 heterocycles. The number of hydrogen-bond acceptors (Lipinski definition) is 1. The zero-order valence-electron chi connectivity index (χ0n) is 12.4. The first kappa shape index (κ1) is 13.9. The van der Waals surface area contributed by atoms with E-state index in [9.17, 15) is 0 Å². The lowest BCUT2D eigenvalue weighted by Crippen LogP contribution is -2.20. The summed E-state index contributed by atoms with van der Waals surface area (Å²) in [6.45, 7) is 9.54. The summed E-state index contributed by atoms with van der Waals surface area (Å²) in [5, 5.41) is 0. The van der Waals surface area contributed by atoms with Crippen molar-refractivity contribution in [3.05, 3.63) is 58.4 Å². The fourth-order valence-corrected chi connectivity index (χ4v) is 2.75. The first-order valence-electron chi connectivity index (χ1n) is 6.93. The molecule has 0 bridgehead atoms. The van der Waals surface area contributed by atoms with Crippen LogP contribution in [0, 0.1) is 20.8 Å². The number of aromatic nitrogens is 1. The van der Waals surface area contributed by atoms with E-state index in [1.54, 1.807) is 0 Å². The molecule has 2 N–H and O–H groups in total. The van der Waals surface area contributed by atoms with Gasteiger partial charge in [-0.2, -0.15) is 0 Å². The highest BCUT2D eigenvalue weighted by molar-refractivity contribution is 5.38. The van der Waals surface area contributed by atoms with Crippen LogP contribution in [-0.2, 0) is 13.0 Å². The SMILES string of the molecule is Cc1cc(C)c(Cn2cccc2CC(C)N)c(C)c1. The highest BCUT2D eigenvalue weighted by Crippen LogP contribution is 2.19. The Labute approximate surface area is 116 Å². The molecule has 0 fully saturated rings. The third kappa shape index (κ3) is 3.27. The lowest BCUT2D eigenvalue weighted by atomic mass is 9.99. The summed E-state index contributed by atoms with van der Waals surface area (Å²) in [5.74, 6) is 0. The molecule has 0 radical (unpaired) electrons. The van der Waals surface area contributed by atoms with Crippen molar-refractivity contribution in [3.63, 3.8) is 0 Å². The predicted octanol–water partition coefficient (Wildman–Crippen LogP) is 3.35. The van der Waals surface area contributed by atoms with Crippen molar-refractivity contribution in [2.24, 2.45) is 5.73 Å². The molecule has 1 aromatic carbocycles. The summed E-state index contributed by atoms with van der Waals surface area (Å²) >= 11 is 0. The van der Waals surface area contributed by atoms with E-state index in [1.807, 2.05) is 0 Å². The number of hydrogen-bond donors (Lipinski definition) is 1. The van der Waals surface area contributed by atoms with Crippen LogP contribution in [0.25, 0.3) is 0 Å². The molecule has 1 aromatic heterocycles. The Balaban J connectivity index is 2.29. The summed E-state index contributed by atoms with van der Waals surface area (Å²) in [4.78, 5) is 0. The van der Waals surface area contributed by atoms with Gasteiger partial charge in [0.2, 0.25) is 0 Å². The molecule has 0 saturated carbocycles. The van der Waals surface area contributed by atoms with Crippen LogP contribution in [0.1, 0.15) is 34.9 Å². The van der Waals surface area contributed by atoms with Crippen LogP contribution in [-0.4, -0.2) is 10.6 Å². The van der Waals surface area contributed by atoms with E-state index >= 15 is 0 Å². The number of benzene rings is 1. The maximum atomic E-state index is 5.91. The Morgan fingerprint density at radius 1 is 1.16 bits per heavy atom. The molecule has 19 heavy (non-hydrogen) atoms. The number of nitrogens with two attached hydrogens (primary N) is 1. The molecule has 1 atom stereocenters. The molecule has 2 heteroatoms. The van der Waals surface area contributed by atoms with Crippen LogP contribution in [0.15, 0.2) is 30.5 Å². The molecule has 2 rings (SSSR count). The third-order valence-corrected chi connectivity index (χ3v) is 3.62. The smallest absolute Gasteiger partial charge is 0.0478 e. The fraction of sp³-hybridized carbons (Fsp3) is 0.412. The molecule has 0 saturated heterocycles. The molecule has 0 aliphatic carbocycles. The van der Waals surface area contributed by atoms with E-state index < -0.39 is 0 Å². The van der Waals surface area contributed by atoms with E-state index in [2.05, 4.69) is 62.7 Å². The number of nitrogens with zero attached hydrogens (tertiary/aromatic N) is 1. The monoisotopic (exact) mass is 256 g/mol. The second kappa shape index (κ2) is 5.62. The Bertz CT molecular complexity index is 541. The third-order valence-electron chi connectivity index (χ3n) is 3.62. The molecule has 102 valence electrons. The van der Waals surface area contributed by atoms with E-state index in [-0.39, 0.29) is 6.04 Å². The quantitative estimate of drug-likeness (QED) is 0.893. The van der Waals surface area contributed by atoms with Crippen LogP contribution in [0.2, 0.25) is 0 Å². The largest absolute Gasteiger partial charge is 0.347 e. The summed E-state index contributed by atoms with van der Waals surface area (Å²) in [7, 11) is 0. The Morgan fingerprint density at radius 2 is 1.79 bits per heavy atom. The molecule has 2 aromatic rings. The zero-order chi connectivity index (χ0) is 14.0. The summed E-state index contributed by atoms with van der Waals surface area (Å²) in [6, 6.07) is 9.00. The van der Waals surface area contributed by atoms with Gasteiger partial charge in [-0.05, 0) is 56.5 Å². The molecule has 0 aliphatic heterocycles. The molecular formula is C17H24N2. The minimum atomic E-state index is 0.203. The van der Waals surface area contributed by atoms with Gasteiger partial charge in [0.15, 0.2) is 0 Å². The molecular weight excluding hydrogens is 232 g/mol. The highest BCUT2D eigenvalue weighted by atomic mass is 15.0. The van der Waals surface area contributed by atoms with Crippen LogP contribution in [0.4, 0.5) is 0 Å². The summed E-state index contributed by atoms with van der Waals surface area (Å²) in [6.07, 6.45) is 3.08. The van der Waals surface area contributed by atoms with Crippen LogP contribution in [0.3, 0.4) is 0 Å². The van der Waals surface area contributed by atoms with Crippen molar-refractivity contribution in [3.8, 4) is 0 Å². The van der Waals surface area contributed by atoms with Crippen molar-refractivity contribution in [1.82, 2.24) is 4.57 Å². The standard InChI is InChI=1S/C17H24N2/c1-12-8-13(2)17(14(3)9-12)11-19-7-5-6-16(19)10-15(4)18/h5-9,15H,10-11,18H2,1-4H3. The Morgan fingerprint density at radius 3 is 2.37 bits per heavy atom. The summed E-state index contributed by atoms with van der Waals surface area (Å²) < 4.78 is 2.31. The average molecular weight is 256 g/mol. The molecule has 0 aliphatic rings. The van der Waals surface area contributed by atoms with Crippen LogP contribution in [0.5, 0.6) is 0 Å². The minimum absolute atomic E-state index is 0.203. The maximum absolute atomic E-state index is 5.91. The van der Waals surface area contributed by atoms with Gasteiger partial charge in [0.1, 0.15) is 0 Å². The second-order valence-electron chi connectivity index (χ2n) is 5.69. The molecule has 2 nitrogen and oxygen atoms in total. The van der Waals surface area contributed by atoms with Crippen LogP contribution < -0.4 is 5.73 Å². The topological polar surface area (TPSA) is 30.9 Å². The number of aryl methyl sites for hydroxylation is 3. The van der Waals surface area contributed by atoms with Crippen LogP contribution >= 0.6 is 0 Å². The normalized spacial score (nSPS) is 12.7. The number of rotatable bonds is 4. The van der Waals surface area contributed by atoms with Gasteiger partial charge in [-0.25, -0.2) is 0 Å². The van der Waals surface area contributed by atoms with Crippen molar-refractivity contribution < 1.29 is 0 Å². The first-order valence-corrected chi connectivity index (χ1v) is 6.93. The lowest BCUT2D eigenvalue weighted by molar-refractivity contribution is 0.664. The molecule has 0 spiro atoms. The van der Waals surface area contributed by atoms with E-state index in [1.165, 1.54) is 27.9 Å². The fourth-order valence-electron chi connectivity index (χ4n) is 2.75. The van der Waals surface area contributed by atoms with E-state index in [0.717, 1.165) is 13.0 Å². The highest BCUT2D eigenvalue weighted by Gasteiger charge is 2.08. The van der Waals surface area contributed by atoms with E-state index in [0.29, 0.717) is 0 Å². The Kier molecular flexibility index (Phi) is 4.11. The van der Waals surface area contributed by atoms with Crippen molar-refractivity contribution >= 4 is 0 Å². The minimum Gasteiger partial charge on any atom is -0.347 e. The average Bonchev–Trinajstić information content (AvgIpc) is 2.70. The van der Waals surface area contributed by atoms with Crippen molar-refractivity contribution in [1.29, 1.82) is 0 Å². The summed E-state index contributed by atoms with van der Waals surface area (Å²) in [5.41, 5.74) is 12.7. The van der Waals surface area contributed by atoms with Gasteiger partial charge in [-0.3, -0.25) is 0 Å². The van der Waals surface area contributed by atoms with Gasteiger partial charge in [-0.15, -0.1) is 0 Å².